The molecule has 2 amide bonds. The van der Waals surface area contributed by atoms with Crippen molar-refractivity contribution >= 4 is 34.5 Å². The van der Waals surface area contributed by atoms with Gasteiger partial charge in [0, 0.05) is 7.05 Å². The summed E-state index contributed by atoms with van der Waals surface area (Å²) < 4.78 is 8.57. The number of fused-ring (bicyclic) bond motifs is 4. The second-order valence-corrected chi connectivity index (χ2v) is 8.46. The molecule has 34 heavy (non-hydrogen) atoms. The molecule has 3 heterocycles. The van der Waals surface area contributed by atoms with Gasteiger partial charge >= 0.3 is 5.97 Å². The lowest BCUT2D eigenvalue weighted by Crippen LogP contribution is -2.48. The summed E-state index contributed by atoms with van der Waals surface area (Å²) >= 11 is 0. The molecule has 5 rings (SSSR count). The molecule has 4 aromatic rings. The Bertz CT molecular complexity index is 1520. The summed E-state index contributed by atoms with van der Waals surface area (Å²) in [7, 11) is 1.59. The van der Waals surface area contributed by atoms with E-state index in [2.05, 4.69) is 10.2 Å². The van der Waals surface area contributed by atoms with E-state index in [4.69, 9.17) is 4.74 Å². The molecule has 2 aromatic heterocycles. The topological polar surface area (TPSA) is 116 Å². The smallest absolute Gasteiger partial charge is 0.330 e. The first-order valence-electron chi connectivity index (χ1n) is 10.8. The molecule has 0 spiro atoms. The highest BCUT2D eigenvalue weighted by molar-refractivity contribution is 6.22. The van der Waals surface area contributed by atoms with Crippen molar-refractivity contribution in [2.45, 2.75) is 26.5 Å². The number of nitrogens with zero attached hydrogens (tertiary/aromatic N) is 5. The molecular weight excluding hydrogens is 438 g/mol. The molecule has 0 saturated carbocycles. The van der Waals surface area contributed by atoms with E-state index in [-0.39, 0.29) is 29.2 Å². The summed E-state index contributed by atoms with van der Waals surface area (Å²) in [5.41, 5.74) is 0.894. The third kappa shape index (κ3) is 3.10. The van der Waals surface area contributed by atoms with Crippen LogP contribution in [-0.2, 0) is 23.2 Å². The molecule has 0 N–H and O–H groups in total. The zero-order valence-electron chi connectivity index (χ0n) is 18.8. The molecule has 2 aromatic carbocycles. The van der Waals surface area contributed by atoms with Crippen molar-refractivity contribution < 1.29 is 19.1 Å². The van der Waals surface area contributed by atoms with Crippen molar-refractivity contribution in [3.8, 4) is 0 Å². The Morgan fingerprint density at radius 1 is 0.941 bits per heavy atom. The fourth-order valence-electron chi connectivity index (χ4n) is 4.34. The van der Waals surface area contributed by atoms with Crippen molar-refractivity contribution in [1.29, 1.82) is 0 Å². The number of rotatable bonds is 5. The van der Waals surface area contributed by atoms with Crippen LogP contribution in [0.4, 0.5) is 0 Å². The van der Waals surface area contributed by atoms with Crippen LogP contribution in [0.15, 0.2) is 53.3 Å². The van der Waals surface area contributed by atoms with E-state index in [1.807, 2.05) is 0 Å². The van der Waals surface area contributed by atoms with E-state index in [1.54, 1.807) is 73.8 Å². The van der Waals surface area contributed by atoms with E-state index >= 15 is 0 Å². The number of aromatic nitrogens is 4. The number of benzene rings is 2. The van der Waals surface area contributed by atoms with Crippen molar-refractivity contribution in [2.75, 3.05) is 0 Å². The molecule has 0 radical (unpaired) electrons. The van der Waals surface area contributed by atoms with Gasteiger partial charge in [0.1, 0.15) is 6.04 Å². The first-order chi connectivity index (χ1) is 16.3. The van der Waals surface area contributed by atoms with Crippen LogP contribution in [-0.4, -0.2) is 47.9 Å². The molecule has 0 bridgehead atoms. The SMILES string of the molecule is CC(C)[C@@H](C(=O)OCc1nnc2n(C)c(=O)c3ccccc3n12)N1C(=O)c2ccccc2C1=O. The Balaban J connectivity index is 1.47. The lowest BCUT2D eigenvalue weighted by Gasteiger charge is -2.27. The number of carbonyl (C=O) groups excluding carboxylic acids is 3. The molecule has 1 aliphatic heterocycles. The number of para-hydroxylation sites is 1. The van der Waals surface area contributed by atoms with Crippen LogP contribution < -0.4 is 5.56 Å². The number of esters is 1. The van der Waals surface area contributed by atoms with Crippen LogP contribution in [0.2, 0.25) is 0 Å². The number of aryl methyl sites for hydroxylation is 1. The number of hydrogen-bond donors (Lipinski definition) is 0. The zero-order chi connectivity index (χ0) is 24.1. The third-order valence-corrected chi connectivity index (χ3v) is 6.01. The maximum absolute atomic E-state index is 13.1. The molecule has 1 atom stereocenters. The van der Waals surface area contributed by atoms with Crippen molar-refractivity contribution in [3.63, 3.8) is 0 Å². The van der Waals surface area contributed by atoms with Gasteiger partial charge in [0.05, 0.1) is 22.0 Å². The van der Waals surface area contributed by atoms with Crippen molar-refractivity contribution in [3.05, 3.63) is 75.8 Å². The highest BCUT2D eigenvalue weighted by Gasteiger charge is 2.44. The number of ether oxygens (including phenoxy) is 1. The van der Waals surface area contributed by atoms with Crippen molar-refractivity contribution in [1.82, 2.24) is 24.1 Å². The molecule has 0 unspecified atom stereocenters. The van der Waals surface area contributed by atoms with Crippen LogP contribution >= 0.6 is 0 Å². The average molecular weight is 459 g/mol. The van der Waals surface area contributed by atoms with Crippen LogP contribution in [0.1, 0.15) is 40.4 Å². The lowest BCUT2D eigenvalue weighted by molar-refractivity contribution is -0.151. The maximum atomic E-state index is 13.1. The largest absolute Gasteiger partial charge is 0.456 e. The number of hydrogen-bond acceptors (Lipinski definition) is 7. The van der Waals surface area contributed by atoms with Gasteiger partial charge < -0.3 is 4.74 Å². The van der Waals surface area contributed by atoms with Crippen LogP contribution in [0, 0.1) is 5.92 Å². The molecule has 172 valence electrons. The number of imide groups is 1. The van der Waals surface area contributed by atoms with E-state index in [9.17, 15) is 19.2 Å². The Morgan fingerprint density at radius 3 is 2.21 bits per heavy atom. The summed E-state index contributed by atoms with van der Waals surface area (Å²) in [4.78, 5) is 52.6. The standard InChI is InChI=1S/C24H21N5O5/c1-13(2)19(29-21(31)14-8-4-5-9-15(14)22(29)32)23(33)34-12-18-25-26-24-27(3)20(30)16-10-6-7-11-17(16)28(18)24/h4-11,13,19H,12H2,1-3H3/t19-/m0/s1. The number of carbonyl (C=O) groups is 3. The second-order valence-electron chi connectivity index (χ2n) is 8.46. The van der Waals surface area contributed by atoms with E-state index in [0.717, 1.165) is 4.90 Å². The summed E-state index contributed by atoms with van der Waals surface area (Å²) in [5.74, 6) is -1.55. The summed E-state index contributed by atoms with van der Waals surface area (Å²) in [6.07, 6.45) is 0. The van der Waals surface area contributed by atoms with E-state index < -0.39 is 23.8 Å². The Morgan fingerprint density at radius 2 is 1.56 bits per heavy atom. The second kappa shape index (κ2) is 7.91. The molecule has 0 fully saturated rings. The van der Waals surface area contributed by atoms with Gasteiger partial charge in [-0.25, -0.2) is 4.79 Å². The minimum Gasteiger partial charge on any atom is -0.456 e. The van der Waals surface area contributed by atoms with Gasteiger partial charge in [-0.05, 0) is 30.2 Å². The fourth-order valence-corrected chi connectivity index (χ4v) is 4.34. The summed E-state index contributed by atoms with van der Waals surface area (Å²) in [6.45, 7) is 3.23. The molecule has 10 heteroatoms. The molecular formula is C24H21N5O5. The Labute approximate surface area is 193 Å². The Kier molecular flexibility index (Phi) is 5.00. The highest BCUT2D eigenvalue weighted by atomic mass is 16.5. The van der Waals surface area contributed by atoms with Gasteiger partial charge in [-0.1, -0.05) is 38.1 Å². The van der Waals surface area contributed by atoms with Gasteiger partial charge in [0.25, 0.3) is 17.4 Å². The lowest BCUT2D eigenvalue weighted by atomic mass is 10.0. The molecule has 0 saturated heterocycles. The number of amides is 2. The monoisotopic (exact) mass is 459 g/mol. The van der Waals surface area contributed by atoms with E-state index in [0.29, 0.717) is 22.5 Å². The Hall–Kier alpha value is -4.34. The van der Waals surface area contributed by atoms with Gasteiger partial charge in [0.15, 0.2) is 12.4 Å². The van der Waals surface area contributed by atoms with Crippen LogP contribution in [0.3, 0.4) is 0 Å². The van der Waals surface area contributed by atoms with Gasteiger partial charge in [-0.2, -0.15) is 0 Å². The first-order valence-corrected chi connectivity index (χ1v) is 10.8. The minimum absolute atomic E-state index is 0.218. The van der Waals surface area contributed by atoms with Gasteiger partial charge in [0.2, 0.25) is 5.78 Å². The predicted octanol–water partition coefficient (Wildman–Crippen LogP) is 1.95. The summed E-state index contributed by atoms with van der Waals surface area (Å²) in [6, 6.07) is 12.4. The van der Waals surface area contributed by atoms with Crippen LogP contribution in [0.5, 0.6) is 0 Å². The molecule has 10 nitrogen and oxygen atoms in total. The van der Waals surface area contributed by atoms with E-state index in [1.165, 1.54) is 4.57 Å². The molecule has 1 aliphatic rings. The van der Waals surface area contributed by atoms with Crippen molar-refractivity contribution in [2.24, 2.45) is 13.0 Å². The highest BCUT2D eigenvalue weighted by Crippen LogP contribution is 2.28. The first kappa shape index (κ1) is 21.5. The zero-order valence-corrected chi connectivity index (χ0v) is 18.8. The average Bonchev–Trinajstić information content (AvgIpc) is 3.37. The van der Waals surface area contributed by atoms with Gasteiger partial charge in [-0.3, -0.25) is 28.3 Å². The quantitative estimate of drug-likeness (QED) is 0.331. The molecule has 0 aliphatic carbocycles. The fraction of sp³-hybridized carbons (Fsp3) is 0.250. The normalized spacial score (nSPS) is 14.3. The third-order valence-electron chi connectivity index (χ3n) is 6.01. The summed E-state index contributed by atoms with van der Waals surface area (Å²) in [5, 5.41) is 8.66. The maximum Gasteiger partial charge on any atom is 0.330 e. The van der Waals surface area contributed by atoms with Crippen LogP contribution in [0.25, 0.3) is 16.7 Å². The minimum atomic E-state index is -1.10. The predicted molar refractivity (Wildman–Crippen MR) is 121 cm³/mol. The van der Waals surface area contributed by atoms with Gasteiger partial charge in [-0.15, -0.1) is 10.2 Å².